The van der Waals surface area contributed by atoms with Crippen LogP contribution in [0.25, 0.3) is 0 Å². The molecule has 0 fully saturated rings. The van der Waals surface area contributed by atoms with Gasteiger partial charge in [0.2, 0.25) is 0 Å². The molecule has 0 bridgehead atoms. The van der Waals surface area contributed by atoms with Crippen molar-refractivity contribution >= 4 is 15.0 Å². The fourth-order valence-electron chi connectivity index (χ4n) is 0.812. The summed E-state index contributed by atoms with van der Waals surface area (Å²) in [5.74, 6) is 0. The maximum Gasteiger partial charge on any atom is 0.334 e. The SMILES string of the molecule is CO[Si](C)(CCCOC=O)OC. The quantitative estimate of drug-likeness (QED) is 0.342. The van der Waals surface area contributed by atoms with Gasteiger partial charge in [-0.1, -0.05) is 0 Å². The average Bonchev–Trinajstić information content (AvgIpc) is 2.12. The van der Waals surface area contributed by atoms with Gasteiger partial charge in [0.1, 0.15) is 0 Å². The Hall–Kier alpha value is -0.393. The van der Waals surface area contributed by atoms with Crippen LogP contribution >= 0.6 is 0 Å². The zero-order valence-electron chi connectivity index (χ0n) is 7.83. The van der Waals surface area contributed by atoms with Crippen molar-refractivity contribution in [2.75, 3.05) is 20.8 Å². The summed E-state index contributed by atoms with van der Waals surface area (Å²) in [6.45, 7) is 2.88. The predicted octanol–water partition coefficient (Wildman–Crippen LogP) is 0.914. The lowest BCUT2D eigenvalue weighted by Crippen LogP contribution is -2.36. The third-order valence-corrected chi connectivity index (χ3v) is 4.81. The Morgan fingerprint density at radius 2 is 1.92 bits per heavy atom. The molecule has 0 radical (unpaired) electrons. The van der Waals surface area contributed by atoms with E-state index in [-0.39, 0.29) is 0 Å². The van der Waals surface area contributed by atoms with Gasteiger partial charge in [-0.25, -0.2) is 0 Å². The van der Waals surface area contributed by atoms with E-state index in [1.165, 1.54) is 0 Å². The Morgan fingerprint density at radius 1 is 1.33 bits per heavy atom. The normalized spacial score (nSPS) is 11.2. The molecule has 0 aromatic rings. The van der Waals surface area contributed by atoms with Crippen LogP contribution in [0.5, 0.6) is 0 Å². The number of hydrogen-bond acceptors (Lipinski definition) is 4. The molecule has 4 nitrogen and oxygen atoms in total. The van der Waals surface area contributed by atoms with Crippen LogP contribution in [0.4, 0.5) is 0 Å². The molecule has 0 amide bonds. The van der Waals surface area contributed by atoms with Crippen LogP contribution in [0.1, 0.15) is 6.42 Å². The molecular formula is C7H16O4Si. The van der Waals surface area contributed by atoms with Crippen LogP contribution < -0.4 is 0 Å². The first-order valence-corrected chi connectivity index (χ1v) is 6.36. The summed E-state index contributed by atoms with van der Waals surface area (Å²) < 4.78 is 15.0. The number of ether oxygens (including phenoxy) is 1. The van der Waals surface area contributed by atoms with Gasteiger partial charge < -0.3 is 13.6 Å². The Labute approximate surface area is 74.1 Å². The van der Waals surface area contributed by atoms with Gasteiger partial charge in [0.25, 0.3) is 6.47 Å². The lowest BCUT2D eigenvalue weighted by molar-refractivity contribution is -0.128. The molecule has 0 aromatic carbocycles. The van der Waals surface area contributed by atoms with Crippen LogP contribution in [0.15, 0.2) is 0 Å². The number of carbonyl (C=O) groups excluding carboxylic acids is 1. The van der Waals surface area contributed by atoms with Gasteiger partial charge >= 0.3 is 8.56 Å². The average molecular weight is 192 g/mol. The van der Waals surface area contributed by atoms with Crippen molar-refractivity contribution < 1.29 is 18.4 Å². The van der Waals surface area contributed by atoms with E-state index in [9.17, 15) is 4.79 Å². The van der Waals surface area contributed by atoms with Crippen LogP contribution in [0, 0.1) is 0 Å². The Balaban J connectivity index is 3.51. The maximum atomic E-state index is 9.80. The lowest BCUT2D eigenvalue weighted by atomic mass is 10.5. The van der Waals surface area contributed by atoms with Crippen LogP contribution in [0.2, 0.25) is 12.6 Å². The third kappa shape index (κ3) is 4.48. The van der Waals surface area contributed by atoms with Crippen molar-refractivity contribution in [3.05, 3.63) is 0 Å². The highest BCUT2D eigenvalue weighted by molar-refractivity contribution is 6.65. The number of rotatable bonds is 7. The molecule has 0 aromatic heterocycles. The highest BCUT2D eigenvalue weighted by Crippen LogP contribution is 2.13. The number of hydrogen-bond donors (Lipinski definition) is 0. The summed E-state index contributed by atoms with van der Waals surface area (Å²) in [4.78, 5) is 9.80. The molecule has 0 aliphatic carbocycles. The van der Waals surface area contributed by atoms with Gasteiger partial charge in [-0.05, 0) is 19.0 Å². The van der Waals surface area contributed by atoms with E-state index in [1.807, 2.05) is 6.55 Å². The minimum atomic E-state index is -1.94. The second-order valence-electron chi connectivity index (χ2n) is 2.61. The molecule has 0 spiro atoms. The van der Waals surface area contributed by atoms with Gasteiger partial charge in [0, 0.05) is 14.2 Å². The summed E-state index contributed by atoms with van der Waals surface area (Å²) in [7, 11) is 1.35. The molecule has 12 heavy (non-hydrogen) atoms. The fourth-order valence-corrected chi connectivity index (χ4v) is 2.17. The van der Waals surface area contributed by atoms with Crippen molar-refractivity contribution in [1.29, 1.82) is 0 Å². The molecule has 0 rings (SSSR count). The predicted molar refractivity (Wildman–Crippen MR) is 47.1 cm³/mol. The van der Waals surface area contributed by atoms with Crippen LogP contribution in [0.3, 0.4) is 0 Å². The second kappa shape index (κ2) is 6.16. The molecule has 72 valence electrons. The minimum Gasteiger partial charge on any atom is -0.468 e. The van der Waals surface area contributed by atoms with Gasteiger partial charge in [0.15, 0.2) is 0 Å². The van der Waals surface area contributed by atoms with Gasteiger partial charge in [-0.15, -0.1) is 0 Å². The molecule has 0 aliphatic rings. The molecule has 0 saturated heterocycles. The second-order valence-corrected chi connectivity index (χ2v) is 6.20. The summed E-state index contributed by atoms with van der Waals surface area (Å²) in [5.41, 5.74) is 0. The first-order valence-electron chi connectivity index (χ1n) is 3.84. The van der Waals surface area contributed by atoms with Crippen molar-refractivity contribution in [1.82, 2.24) is 0 Å². The van der Waals surface area contributed by atoms with Crippen molar-refractivity contribution in [2.45, 2.75) is 19.0 Å². The van der Waals surface area contributed by atoms with Gasteiger partial charge in [0.05, 0.1) is 6.61 Å². The van der Waals surface area contributed by atoms with E-state index in [0.717, 1.165) is 12.5 Å². The van der Waals surface area contributed by atoms with Crippen molar-refractivity contribution in [3.63, 3.8) is 0 Å². The number of carbonyl (C=O) groups is 1. The highest BCUT2D eigenvalue weighted by atomic mass is 28.4. The zero-order chi connectivity index (χ0) is 9.45. The van der Waals surface area contributed by atoms with E-state index in [0.29, 0.717) is 13.1 Å². The highest BCUT2D eigenvalue weighted by Gasteiger charge is 2.27. The maximum absolute atomic E-state index is 9.80. The molecule has 0 atom stereocenters. The van der Waals surface area contributed by atoms with Gasteiger partial charge in [-0.3, -0.25) is 4.79 Å². The zero-order valence-corrected chi connectivity index (χ0v) is 8.83. The molecule has 0 N–H and O–H groups in total. The minimum absolute atomic E-state index is 0.443. The largest absolute Gasteiger partial charge is 0.468 e. The standard InChI is InChI=1S/C7H16O4Si/c1-9-12(3,10-2)6-4-5-11-7-8/h7H,4-6H2,1-3H3. The molecular weight excluding hydrogens is 176 g/mol. The molecule has 0 aliphatic heterocycles. The summed E-state index contributed by atoms with van der Waals surface area (Å²) in [5, 5.41) is 0. The molecule has 0 heterocycles. The Kier molecular flexibility index (Phi) is 5.96. The van der Waals surface area contributed by atoms with E-state index < -0.39 is 8.56 Å². The van der Waals surface area contributed by atoms with Crippen molar-refractivity contribution in [2.24, 2.45) is 0 Å². The first kappa shape index (κ1) is 11.6. The van der Waals surface area contributed by atoms with Crippen LogP contribution in [-0.2, 0) is 18.4 Å². The van der Waals surface area contributed by atoms with E-state index >= 15 is 0 Å². The first-order chi connectivity index (χ1) is 5.68. The topological polar surface area (TPSA) is 44.8 Å². The molecule has 0 unspecified atom stereocenters. The van der Waals surface area contributed by atoms with E-state index in [4.69, 9.17) is 8.85 Å². The summed E-state index contributed by atoms with van der Waals surface area (Å²) >= 11 is 0. The smallest absolute Gasteiger partial charge is 0.334 e. The van der Waals surface area contributed by atoms with Crippen molar-refractivity contribution in [3.8, 4) is 0 Å². The summed E-state index contributed by atoms with van der Waals surface area (Å²) in [6, 6.07) is 0.841. The fraction of sp³-hybridized carbons (Fsp3) is 0.857. The summed E-state index contributed by atoms with van der Waals surface area (Å²) in [6.07, 6.45) is 0.795. The van der Waals surface area contributed by atoms with E-state index in [2.05, 4.69) is 4.74 Å². The Morgan fingerprint density at radius 3 is 2.33 bits per heavy atom. The Bertz CT molecular complexity index is 125. The van der Waals surface area contributed by atoms with Gasteiger partial charge in [-0.2, -0.15) is 0 Å². The molecule has 0 saturated carbocycles. The lowest BCUT2D eigenvalue weighted by Gasteiger charge is -2.22. The third-order valence-electron chi connectivity index (χ3n) is 1.82. The van der Waals surface area contributed by atoms with E-state index in [1.54, 1.807) is 14.2 Å². The molecule has 5 heteroatoms. The monoisotopic (exact) mass is 192 g/mol. The van der Waals surface area contributed by atoms with Crippen LogP contribution in [-0.4, -0.2) is 35.9 Å².